The van der Waals surface area contributed by atoms with Gasteiger partial charge in [-0.05, 0) is 15.9 Å². The zero-order valence-corrected chi connectivity index (χ0v) is 5.20. The van der Waals surface area contributed by atoms with Crippen molar-refractivity contribution in [1.29, 1.82) is 5.41 Å². The molecular formula is C3H6BrN3. The standard InChI is InChI=1S/C3H6BrN3/c4-2(5)1-3(6)7/h1H,5H2,(H3,6,7)/b2-1-. The van der Waals surface area contributed by atoms with Gasteiger partial charge >= 0.3 is 0 Å². The summed E-state index contributed by atoms with van der Waals surface area (Å²) in [6.07, 6.45) is 1.31. The summed E-state index contributed by atoms with van der Waals surface area (Å²) in [5.74, 6) is -0.0469. The van der Waals surface area contributed by atoms with Crippen molar-refractivity contribution < 1.29 is 0 Å². The van der Waals surface area contributed by atoms with Crippen LogP contribution in [0.1, 0.15) is 0 Å². The van der Waals surface area contributed by atoms with E-state index < -0.39 is 0 Å². The number of nitrogens with one attached hydrogen (secondary N) is 1. The lowest BCUT2D eigenvalue weighted by Crippen LogP contribution is -2.06. The second-order valence-corrected chi connectivity index (χ2v) is 1.90. The third-order valence-electron chi connectivity index (χ3n) is 0.293. The average Bonchev–Trinajstić information content (AvgIpc) is 1.27. The van der Waals surface area contributed by atoms with E-state index in [-0.39, 0.29) is 5.84 Å². The molecule has 0 saturated carbocycles. The van der Waals surface area contributed by atoms with Crippen LogP contribution in [0, 0.1) is 5.41 Å². The van der Waals surface area contributed by atoms with Crippen molar-refractivity contribution in [2.75, 3.05) is 0 Å². The third-order valence-corrected chi connectivity index (χ3v) is 0.522. The zero-order chi connectivity index (χ0) is 5.86. The summed E-state index contributed by atoms with van der Waals surface area (Å²) in [7, 11) is 0. The van der Waals surface area contributed by atoms with Crippen LogP contribution < -0.4 is 11.5 Å². The number of halogens is 1. The lowest BCUT2D eigenvalue weighted by Gasteiger charge is -1.83. The van der Waals surface area contributed by atoms with E-state index in [9.17, 15) is 0 Å². The normalized spacial score (nSPS) is 11.3. The Morgan fingerprint density at radius 2 is 2.00 bits per heavy atom. The van der Waals surface area contributed by atoms with Crippen LogP contribution in [0.5, 0.6) is 0 Å². The number of hydrogen-bond donors (Lipinski definition) is 3. The molecule has 0 saturated heterocycles. The van der Waals surface area contributed by atoms with Crippen LogP contribution in [-0.4, -0.2) is 5.84 Å². The highest BCUT2D eigenvalue weighted by atomic mass is 79.9. The van der Waals surface area contributed by atoms with Crippen molar-refractivity contribution in [1.82, 2.24) is 0 Å². The van der Waals surface area contributed by atoms with Gasteiger partial charge < -0.3 is 11.5 Å². The Balaban J connectivity index is 3.68. The molecule has 40 valence electrons. The number of amidine groups is 1. The van der Waals surface area contributed by atoms with E-state index in [1.807, 2.05) is 0 Å². The fourth-order valence-electron chi connectivity index (χ4n) is 0.149. The van der Waals surface area contributed by atoms with Gasteiger partial charge in [0, 0.05) is 6.08 Å². The molecule has 3 nitrogen and oxygen atoms in total. The molecule has 0 radical (unpaired) electrons. The van der Waals surface area contributed by atoms with Gasteiger partial charge in [-0.15, -0.1) is 0 Å². The van der Waals surface area contributed by atoms with Crippen LogP contribution in [0.25, 0.3) is 0 Å². The van der Waals surface area contributed by atoms with Crippen molar-refractivity contribution in [2.45, 2.75) is 0 Å². The summed E-state index contributed by atoms with van der Waals surface area (Å²) in [4.78, 5) is 0. The largest absolute Gasteiger partial charge is 0.393 e. The van der Waals surface area contributed by atoms with Crippen LogP contribution in [0.3, 0.4) is 0 Å². The van der Waals surface area contributed by atoms with E-state index in [1.54, 1.807) is 0 Å². The van der Waals surface area contributed by atoms with Gasteiger partial charge in [0.15, 0.2) is 0 Å². The summed E-state index contributed by atoms with van der Waals surface area (Å²) in [5, 5.41) is 6.62. The van der Waals surface area contributed by atoms with Gasteiger partial charge in [-0.25, -0.2) is 0 Å². The zero-order valence-electron chi connectivity index (χ0n) is 3.61. The summed E-state index contributed by atoms with van der Waals surface area (Å²) < 4.78 is 0.375. The molecule has 7 heavy (non-hydrogen) atoms. The minimum atomic E-state index is -0.0469. The highest BCUT2D eigenvalue weighted by molar-refractivity contribution is 9.11. The monoisotopic (exact) mass is 163 g/mol. The summed E-state index contributed by atoms with van der Waals surface area (Å²) in [6.45, 7) is 0. The minimum Gasteiger partial charge on any atom is -0.393 e. The van der Waals surface area contributed by atoms with Gasteiger partial charge in [-0.2, -0.15) is 0 Å². The Morgan fingerprint density at radius 1 is 1.57 bits per heavy atom. The first-order chi connectivity index (χ1) is 3.13. The molecule has 0 bridgehead atoms. The fraction of sp³-hybridized carbons (Fsp3) is 0. The topological polar surface area (TPSA) is 75.9 Å². The van der Waals surface area contributed by atoms with Crippen molar-refractivity contribution in [2.24, 2.45) is 11.5 Å². The summed E-state index contributed by atoms with van der Waals surface area (Å²) >= 11 is 2.89. The molecule has 4 heteroatoms. The highest BCUT2D eigenvalue weighted by Crippen LogP contribution is 1.90. The first kappa shape index (κ1) is 6.49. The molecule has 0 heterocycles. The maximum atomic E-state index is 6.62. The molecule has 0 fully saturated rings. The summed E-state index contributed by atoms with van der Waals surface area (Å²) in [6, 6.07) is 0. The lowest BCUT2D eigenvalue weighted by molar-refractivity contribution is 1.45. The molecule has 0 aromatic rings. The maximum Gasteiger partial charge on any atom is 0.117 e. The molecule has 0 amide bonds. The highest BCUT2D eigenvalue weighted by Gasteiger charge is 1.78. The van der Waals surface area contributed by atoms with E-state index in [1.165, 1.54) is 6.08 Å². The molecule has 5 N–H and O–H groups in total. The molecule has 0 unspecified atom stereocenters. The third kappa shape index (κ3) is 5.49. The van der Waals surface area contributed by atoms with E-state index in [0.717, 1.165) is 0 Å². The Morgan fingerprint density at radius 3 is 2.00 bits per heavy atom. The smallest absolute Gasteiger partial charge is 0.117 e. The van der Waals surface area contributed by atoms with Gasteiger partial charge in [0.2, 0.25) is 0 Å². The first-order valence-electron chi connectivity index (χ1n) is 1.59. The lowest BCUT2D eigenvalue weighted by atomic mass is 10.6. The molecule has 0 aliphatic heterocycles. The quantitative estimate of drug-likeness (QED) is 0.292. The SMILES string of the molecule is N=C(N)/C=C(\N)Br. The number of nitrogens with two attached hydrogens (primary N) is 2. The molecule has 0 rings (SSSR count). The average molecular weight is 164 g/mol. The van der Waals surface area contributed by atoms with E-state index >= 15 is 0 Å². The number of rotatable bonds is 1. The van der Waals surface area contributed by atoms with Gasteiger partial charge in [0.25, 0.3) is 0 Å². The second-order valence-electron chi connectivity index (χ2n) is 0.985. The molecule has 0 aromatic heterocycles. The maximum absolute atomic E-state index is 6.62. The molecule has 0 aromatic carbocycles. The number of hydrogen-bond acceptors (Lipinski definition) is 2. The van der Waals surface area contributed by atoms with Crippen LogP contribution in [0.4, 0.5) is 0 Å². The summed E-state index contributed by atoms with van der Waals surface area (Å²) in [5.41, 5.74) is 9.94. The first-order valence-corrected chi connectivity index (χ1v) is 2.39. The van der Waals surface area contributed by atoms with E-state index in [0.29, 0.717) is 4.61 Å². The van der Waals surface area contributed by atoms with Crippen molar-refractivity contribution in [3.63, 3.8) is 0 Å². The van der Waals surface area contributed by atoms with Crippen molar-refractivity contribution in [3.05, 3.63) is 10.7 Å². The van der Waals surface area contributed by atoms with Crippen molar-refractivity contribution >= 4 is 21.8 Å². The molecule has 0 atom stereocenters. The molecular weight excluding hydrogens is 158 g/mol. The van der Waals surface area contributed by atoms with Crippen LogP contribution in [-0.2, 0) is 0 Å². The molecule has 0 aliphatic carbocycles. The predicted molar refractivity (Wildman–Crippen MR) is 33.1 cm³/mol. The van der Waals surface area contributed by atoms with Gasteiger partial charge in [0.05, 0.1) is 4.61 Å². The Kier molecular flexibility index (Phi) is 2.44. The van der Waals surface area contributed by atoms with E-state index in [4.69, 9.17) is 16.9 Å². The van der Waals surface area contributed by atoms with Gasteiger partial charge in [0.1, 0.15) is 5.84 Å². The van der Waals surface area contributed by atoms with E-state index in [2.05, 4.69) is 15.9 Å². The molecule has 0 spiro atoms. The van der Waals surface area contributed by atoms with Crippen LogP contribution >= 0.6 is 15.9 Å². The Labute approximate surface area is 50.0 Å². The minimum absolute atomic E-state index is 0.0469. The Bertz CT molecular complexity index is 103. The van der Waals surface area contributed by atoms with Crippen LogP contribution in [0.15, 0.2) is 10.7 Å². The predicted octanol–water partition coefficient (Wildman–Crippen LogP) is 0.117. The van der Waals surface area contributed by atoms with Crippen molar-refractivity contribution in [3.8, 4) is 0 Å². The molecule has 0 aliphatic rings. The fourth-order valence-corrected chi connectivity index (χ4v) is 0.395. The second kappa shape index (κ2) is 2.63. The van der Waals surface area contributed by atoms with Gasteiger partial charge in [-0.1, -0.05) is 0 Å². The van der Waals surface area contributed by atoms with Gasteiger partial charge in [-0.3, -0.25) is 5.41 Å². The Hall–Kier alpha value is -0.510. The van der Waals surface area contributed by atoms with Crippen LogP contribution in [0.2, 0.25) is 0 Å².